The Morgan fingerprint density at radius 1 is 1.30 bits per heavy atom. The molecule has 7 nitrogen and oxygen atoms in total. The van der Waals surface area contributed by atoms with Crippen molar-refractivity contribution in [2.45, 2.75) is 26.7 Å². The molecule has 3 amide bonds. The van der Waals surface area contributed by atoms with Gasteiger partial charge in [-0.25, -0.2) is 4.79 Å². The molecule has 0 aliphatic carbocycles. The summed E-state index contributed by atoms with van der Waals surface area (Å²) in [6, 6.07) is -0.476. The lowest BCUT2D eigenvalue weighted by Gasteiger charge is -2.28. The second kappa shape index (κ2) is 8.52. The molecule has 1 heterocycles. The lowest BCUT2D eigenvalue weighted by molar-refractivity contribution is -0.899. The molecule has 0 radical (unpaired) electrons. The number of likely N-dealkylation sites (tertiary alicyclic amines) is 1. The van der Waals surface area contributed by atoms with E-state index in [0.29, 0.717) is 19.7 Å². The number of carbonyl (C=O) groups excluding carboxylic acids is 3. The van der Waals surface area contributed by atoms with E-state index in [0.717, 1.165) is 24.3 Å². The maximum atomic E-state index is 11.7. The highest BCUT2D eigenvalue weighted by Crippen LogP contribution is 2.09. The molecule has 20 heavy (non-hydrogen) atoms. The SMILES string of the molecule is CCNC(=O)NC(=O)C[NH+]1CCC[C@@H](C(=O)OCC)C1. The van der Waals surface area contributed by atoms with Gasteiger partial charge >= 0.3 is 12.0 Å². The van der Waals surface area contributed by atoms with Gasteiger partial charge in [0.15, 0.2) is 6.54 Å². The average Bonchev–Trinajstić information content (AvgIpc) is 2.39. The summed E-state index contributed by atoms with van der Waals surface area (Å²) >= 11 is 0. The highest BCUT2D eigenvalue weighted by atomic mass is 16.5. The van der Waals surface area contributed by atoms with E-state index in [1.807, 2.05) is 0 Å². The number of hydrogen-bond acceptors (Lipinski definition) is 4. The van der Waals surface area contributed by atoms with Crippen LogP contribution < -0.4 is 15.5 Å². The maximum absolute atomic E-state index is 11.7. The Kier molecular flexibility index (Phi) is 7.00. The van der Waals surface area contributed by atoms with Gasteiger partial charge < -0.3 is 15.0 Å². The van der Waals surface area contributed by atoms with Crippen LogP contribution in [0.25, 0.3) is 0 Å². The third-order valence-electron chi connectivity index (χ3n) is 3.24. The van der Waals surface area contributed by atoms with Crippen molar-refractivity contribution in [3.8, 4) is 0 Å². The predicted octanol–water partition coefficient (Wildman–Crippen LogP) is -1.31. The summed E-state index contributed by atoms with van der Waals surface area (Å²) in [6.07, 6.45) is 1.69. The molecule has 1 aliphatic heterocycles. The third-order valence-corrected chi connectivity index (χ3v) is 3.24. The van der Waals surface area contributed by atoms with Gasteiger partial charge in [0, 0.05) is 6.54 Å². The monoisotopic (exact) mass is 286 g/mol. The van der Waals surface area contributed by atoms with Gasteiger partial charge in [0.05, 0.1) is 19.7 Å². The number of carbonyl (C=O) groups is 3. The van der Waals surface area contributed by atoms with E-state index in [1.54, 1.807) is 13.8 Å². The summed E-state index contributed by atoms with van der Waals surface area (Å²) in [4.78, 5) is 35.6. The van der Waals surface area contributed by atoms with Crippen LogP contribution >= 0.6 is 0 Å². The van der Waals surface area contributed by atoms with E-state index in [2.05, 4.69) is 10.6 Å². The molecule has 0 bridgehead atoms. The normalized spacial score (nSPS) is 21.9. The van der Waals surface area contributed by atoms with Crippen molar-refractivity contribution in [3.63, 3.8) is 0 Å². The first-order valence-corrected chi connectivity index (χ1v) is 7.14. The first kappa shape index (κ1) is 16.4. The van der Waals surface area contributed by atoms with Gasteiger partial charge in [0.2, 0.25) is 0 Å². The minimum absolute atomic E-state index is 0.143. The quantitative estimate of drug-likeness (QED) is 0.548. The van der Waals surface area contributed by atoms with Crippen molar-refractivity contribution in [3.05, 3.63) is 0 Å². The molecular formula is C13H24N3O4+. The Morgan fingerprint density at radius 3 is 2.70 bits per heavy atom. The van der Waals surface area contributed by atoms with Crippen molar-refractivity contribution < 1.29 is 24.0 Å². The first-order chi connectivity index (χ1) is 9.56. The van der Waals surface area contributed by atoms with E-state index in [4.69, 9.17) is 4.74 Å². The summed E-state index contributed by atoms with van der Waals surface area (Å²) in [5, 5.41) is 4.77. The van der Waals surface area contributed by atoms with Crippen LogP contribution in [0.1, 0.15) is 26.7 Å². The Labute approximate surface area is 119 Å². The summed E-state index contributed by atoms with van der Waals surface area (Å²) in [7, 11) is 0. The van der Waals surface area contributed by atoms with Gasteiger partial charge in [-0.1, -0.05) is 0 Å². The zero-order valence-corrected chi connectivity index (χ0v) is 12.2. The summed E-state index contributed by atoms with van der Waals surface area (Å²) in [6.45, 7) is 6.03. The van der Waals surface area contributed by atoms with Gasteiger partial charge in [0.1, 0.15) is 5.92 Å². The van der Waals surface area contributed by atoms with Crippen LogP contribution in [0.2, 0.25) is 0 Å². The van der Waals surface area contributed by atoms with Gasteiger partial charge in [0.25, 0.3) is 5.91 Å². The average molecular weight is 286 g/mol. The number of amides is 3. The molecule has 1 saturated heterocycles. The minimum Gasteiger partial charge on any atom is -0.466 e. The molecule has 1 rings (SSSR count). The topological polar surface area (TPSA) is 88.9 Å². The maximum Gasteiger partial charge on any atom is 0.321 e. The Morgan fingerprint density at radius 2 is 2.05 bits per heavy atom. The number of ether oxygens (including phenoxy) is 1. The molecule has 0 aromatic heterocycles. The van der Waals surface area contributed by atoms with E-state index in [-0.39, 0.29) is 24.3 Å². The van der Waals surface area contributed by atoms with Gasteiger partial charge in [-0.05, 0) is 26.7 Å². The molecule has 3 N–H and O–H groups in total. The molecular weight excluding hydrogens is 262 g/mol. The molecule has 1 unspecified atom stereocenters. The van der Waals surface area contributed by atoms with E-state index in [9.17, 15) is 14.4 Å². The van der Waals surface area contributed by atoms with Gasteiger partial charge in [-0.15, -0.1) is 0 Å². The second-order valence-corrected chi connectivity index (χ2v) is 4.88. The Balaban J connectivity index is 2.38. The van der Waals surface area contributed by atoms with E-state index >= 15 is 0 Å². The van der Waals surface area contributed by atoms with Crippen LogP contribution in [-0.4, -0.2) is 50.7 Å². The fourth-order valence-corrected chi connectivity index (χ4v) is 2.38. The van der Waals surface area contributed by atoms with Crippen LogP contribution in [0, 0.1) is 5.92 Å². The molecule has 1 aliphatic rings. The van der Waals surface area contributed by atoms with Crippen LogP contribution in [0.3, 0.4) is 0 Å². The molecule has 0 aromatic rings. The van der Waals surface area contributed by atoms with Crippen molar-refractivity contribution in [2.75, 3.05) is 32.8 Å². The highest BCUT2D eigenvalue weighted by Gasteiger charge is 2.30. The van der Waals surface area contributed by atoms with Crippen molar-refractivity contribution in [1.82, 2.24) is 10.6 Å². The number of rotatable bonds is 5. The van der Waals surface area contributed by atoms with Crippen LogP contribution in [-0.2, 0) is 14.3 Å². The van der Waals surface area contributed by atoms with Crippen molar-refractivity contribution >= 4 is 17.9 Å². The van der Waals surface area contributed by atoms with Gasteiger partial charge in [-0.3, -0.25) is 14.9 Å². The van der Waals surface area contributed by atoms with Gasteiger partial charge in [-0.2, -0.15) is 0 Å². The molecule has 7 heteroatoms. The largest absolute Gasteiger partial charge is 0.466 e. The van der Waals surface area contributed by atoms with Crippen LogP contribution in [0.5, 0.6) is 0 Å². The standard InChI is InChI=1S/C13H23N3O4/c1-3-14-13(19)15-11(17)9-16-7-5-6-10(8-16)12(18)20-4-2/h10H,3-9H2,1-2H3,(H2,14,15,17,19)/p+1/t10-/m1/s1. The Hall–Kier alpha value is -1.63. The second-order valence-electron chi connectivity index (χ2n) is 4.88. The lowest BCUT2D eigenvalue weighted by atomic mass is 9.98. The fraction of sp³-hybridized carbons (Fsp3) is 0.769. The highest BCUT2D eigenvalue weighted by molar-refractivity contribution is 5.94. The number of esters is 1. The molecule has 0 aromatic carbocycles. The number of hydrogen-bond donors (Lipinski definition) is 3. The van der Waals surface area contributed by atoms with E-state index < -0.39 is 6.03 Å². The molecule has 2 atom stereocenters. The summed E-state index contributed by atoms with van der Waals surface area (Å²) in [5.74, 6) is -0.653. The van der Waals surface area contributed by atoms with Crippen LogP contribution in [0.15, 0.2) is 0 Å². The minimum atomic E-state index is -0.476. The summed E-state index contributed by atoms with van der Waals surface area (Å²) in [5.41, 5.74) is 0. The summed E-state index contributed by atoms with van der Waals surface area (Å²) < 4.78 is 5.01. The lowest BCUT2D eigenvalue weighted by Crippen LogP contribution is -3.14. The van der Waals surface area contributed by atoms with Crippen molar-refractivity contribution in [1.29, 1.82) is 0 Å². The smallest absolute Gasteiger partial charge is 0.321 e. The number of urea groups is 1. The van der Waals surface area contributed by atoms with E-state index in [1.165, 1.54) is 0 Å². The molecule has 0 spiro atoms. The third kappa shape index (κ3) is 5.56. The number of imide groups is 1. The number of piperidine rings is 1. The molecule has 1 fully saturated rings. The molecule has 0 saturated carbocycles. The number of nitrogens with one attached hydrogen (secondary N) is 3. The first-order valence-electron chi connectivity index (χ1n) is 7.14. The molecule has 114 valence electrons. The fourth-order valence-electron chi connectivity index (χ4n) is 2.38. The zero-order valence-electron chi connectivity index (χ0n) is 12.2. The van der Waals surface area contributed by atoms with Crippen molar-refractivity contribution in [2.24, 2.45) is 5.92 Å². The zero-order chi connectivity index (χ0) is 15.0. The number of quaternary nitrogens is 1. The predicted molar refractivity (Wildman–Crippen MR) is 72.1 cm³/mol. The van der Waals surface area contributed by atoms with Crippen LogP contribution in [0.4, 0.5) is 4.79 Å². The Bertz CT molecular complexity index is 360.